The van der Waals surface area contributed by atoms with Crippen molar-refractivity contribution in [2.24, 2.45) is 4.99 Å². The van der Waals surface area contributed by atoms with E-state index in [2.05, 4.69) is 33.8 Å². The number of guanidine groups is 1. The van der Waals surface area contributed by atoms with E-state index in [0.29, 0.717) is 11.7 Å². The average molecular weight is 345 g/mol. The highest BCUT2D eigenvalue weighted by atomic mass is 16.5. The standard InChI is InChI=1S/C19H27N3O3/c1-4-20-19(22-13-16(23)17-6-5-11-25-17)21-10-9-15-8-7-14(2)18(12-15)24-3/h5-8,11-12,16,23H,4,9-10,13H2,1-3H3,(H2,20,21,22). The fourth-order valence-electron chi connectivity index (χ4n) is 2.44. The van der Waals surface area contributed by atoms with Gasteiger partial charge in [0.05, 0.1) is 19.9 Å². The highest BCUT2D eigenvalue weighted by molar-refractivity contribution is 5.79. The lowest BCUT2D eigenvalue weighted by atomic mass is 10.1. The summed E-state index contributed by atoms with van der Waals surface area (Å²) < 4.78 is 10.5. The number of nitrogens with one attached hydrogen (secondary N) is 2. The number of aryl methyl sites for hydroxylation is 1. The van der Waals surface area contributed by atoms with Crippen LogP contribution < -0.4 is 15.4 Å². The maximum atomic E-state index is 10.0. The topological polar surface area (TPSA) is 79.0 Å². The molecule has 6 heteroatoms. The van der Waals surface area contributed by atoms with Crippen LogP contribution in [0, 0.1) is 6.92 Å². The molecule has 136 valence electrons. The van der Waals surface area contributed by atoms with Gasteiger partial charge in [0.1, 0.15) is 17.6 Å². The predicted molar refractivity (Wildman–Crippen MR) is 99.1 cm³/mol. The monoisotopic (exact) mass is 345 g/mol. The van der Waals surface area contributed by atoms with Gasteiger partial charge in [-0.3, -0.25) is 4.99 Å². The Morgan fingerprint density at radius 3 is 2.84 bits per heavy atom. The first-order chi connectivity index (χ1) is 12.1. The zero-order chi connectivity index (χ0) is 18.1. The third-order valence-electron chi connectivity index (χ3n) is 3.82. The molecule has 0 amide bonds. The van der Waals surface area contributed by atoms with E-state index >= 15 is 0 Å². The van der Waals surface area contributed by atoms with Gasteiger partial charge < -0.3 is 24.9 Å². The Labute approximate surface area is 148 Å². The minimum atomic E-state index is -0.744. The molecule has 3 N–H and O–H groups in total. The molecule has 0 bridgehead atoms. The maximum Gasteiger partial charge on any atom is 0.191 e. The molecule has 0 radical (unpaired) electrons. The third kappa shape index (κ3) is 5.83. The largest absolute Gasteiger partial charge is 0.496 e. The average Bonchev–Trinajstić information content (AvgIpc) is 3.15. The Balaban J connectivity index is 1.87. The number of aliphatic hydroxyl groups is 1. The Morgan fingerprint density at radius 1 is 1.32 bits per heavy atom. The number of aliphatic imine (C=N–C) groups is 1. The lowest BCUT2D eigenvalue weighted by molar-refractivity contribution is 0.158. The molecular formula is C19H27N3O3. The van der Waals surface area contributed by atoms with E-state index in [1.807, 2.05) is 13.8 Å². The van der Waals surface area contributed by atoms with Gasteiger partial charge in [0.15, 0.2) is 5.96 Å². The Hall–Kier alpha value is -2.47. The number of methoxy groups -OCH3 is 1. The van der Waals surface area contributed by atoms with Gasteiger partial charge in [-0.1, -0.05) is 12.1 Å². The van der Waals surface area contributed by atoms with Gasteiger partial charge in [-0.15, -0.1) is 0 Å². The molecule has 0 aliphatic carbocycles. The highest BCUT2D eigenvalue weighted by Crippen LogP contribution is 2.19. The maximum absolute atomic E-state index is 10.0. The molecule has 1 aromatic carbocycles. The quantitative estimate of drug-likeness (QED) is 0.506. The van der Waals surface area contributed by atoms with Gasteiger partial charge >= 0.3 is 0 Å². The van der Waals surface area contributed by atoms with Crippen molar-refractivity contribution in [1.82, 2.24) is 10.6 Å². The van der Waals surface area contributed by atoms with Crippen molar-refractivity contribution >= 4 is 5.96 Å². The van der Waals surface area contributed by atoms with E-state index in [1.54, 1.807) is 25.5 Å². The minimum Gasteiger partial charge on any atom is -0.496 e. The van der Waals surface area contributed by atoms with Gasteiger partial charge in [0.2, 0.25) is 0 Å². The van der Waals surface area contributed by atoms with Crippen LogP contribution in [0.2, 0.25) is 0 Å². The Morgan fingerprint density at radius 2 is 2.16 bits per heavy atom. The molecule has 0 spiro atoms. The van der Waals surface area contributed by atoms with Crippen LogP contribution in [-0.4, -0.2) is 37.8 Å². The first kappa shape index (κ1) is 18.9. The van der Waals surface area contributed by atoms with E-state index in [1.165, 1.54) is 5.56 Å². The van der Waals surface area contributed by atoms with E-state index in [4.69, 9.17) is 9.15 Å². The van der Waals surface area contributed by atoms with Crippen molar-refractivity contribution in [1.29, 1.82) is 0 Å². The summed E-state index contributed by atoms with van der Waals surface area (Å²) >= 11 is 0. The lowest BCUT2D eigenvalue weighted by Gasteiger charge is -2.13. The molecule has 1 unspecified atom stereocenters. The lowest BCUT2D eigenvalue weighted by Crippen LogP contribution is -2.38. The van der Waals surface area contributed by atoms with E-state index in [9.17, 15) is 5.11 Å². The molecule has 6 nitrogen and oxygen atoms in total. The Bertz CT molecular complexity index is 669. The van der Waals surface area contributed by atoms with Crippen molar-refractivity contribution in [2.75, 3.05) is 26.7 Å². The molecule has 2 rings (SSSR count). The summed E-state index contributed by atoms with van der Waals surface area (Å²) in [5.41, 5.74) is 2.32. The molecule has 0 saturated carbocycles. The molecule has 1 heterocycles. The number of hydrogen-bond donors (Lipinski definition) is 3. The molecule has 25 heavy (non-hydrogen) atoms. The van der Waals surface area contributed by atoms with Crippen LogP contribution in [0.3, 0.4) is 0 Å². The van der Waals surface area contributed by atoms with E-state index in [-0.39, 0.29) is 6.54 Å². The SMILES string of the molecule is CCNC(=NCC(O)c1ccco1)NCCc1ccc(C)c(OC)c1. The van der Waals surface area contributed by atoms with Crippen molar-refractivity contribution in [3.8, 4) is 5.75 Å². The van der Waals surface area contributed by atoms with Gasteiger partial charge in [-0.2, -0.15) is 0 Å². The second kappa shape index (κ2) is 9.74. The number of furan rings is 1. The molecule has 0 aliphatic rings. The fraction of sp³-hybridized carbons (Fsp3) is 0.421. The summed E-state index contributed by atoms with van der Waals surface area (Å²) in [7, 11) is 1.69. The summed E-state index contributed by atoms with van der Waals surface area (Å²) in [5, 5.41) is 16.5. The minimum absolute atomic E-state index is 0.237. The molecule has 0 aliphatic heterocycles. The number of rotatable bonds is 8. The van der Waals surface area contributed by atoms with Crippen LogP contribution in [0.15, 0.2) is 46.0 Å². The molecule has 1 atom stereocenters. The van der Waals surface area contributed by atoms with E-state index < -0.39 is 6.10 Å². The van der Waals surface area contributed by atoms with Gasteiger partial charge in [-0.05, 0) is 49.6 Å². The van der Waals surface area contributed by atoms with Crippen molar-refractivity contribution in [3.63, 3.8) is 0 Å². The summed E-state index contributed by atoms with van der Waals surface area (Å²) in [5.74, 6) is 2.10. The van der Waals surface area contributed by atoms with Crippen LogP contribution in [0.4, 0.5) is 0 Å². The number of aliphatic hydroxyl groups excluding tert-OH is 1. The second-order valence-corrected chi connectivity index (χ2v) is 5.73. The molecule has 0 fully saturated rings. The van der Waals surface area contributed by atoms with E-state index in [0.717, 1.165) is 30.8 Å². The summed E-state index contributed by atoms with van der Waals surface area (Å²) in [6, 6.07) is 9.71. The van der Waals surface area contributed by atoms with Crippen LogP contribution in [0.25, 0.3) is 0 Å². The Kier molecular flexibility index (Phi) is 7.35. The van der Waals surface area contributed by atoms with Crippen LogP contribution in [0.5, 0.6) is 5.75 Å². The summed E-state index contributed by atoms with van der Waals surface area (Å²) in [6.45, 7) is 5.75. The zero-order valence-electron chi connectivity index (χ0n) is 15.1. The summed E-state index contributed by atoms with van der Waals surface area (Å²) in [6.07, 6.45) is 1.65. The van der Waals surface area contributed by atoms with Gasteiger partial charge in [-0.25, -0.2) is 0 Å². The number of hydrogen-bond acceptors (Lipinski definition) is 4. The number of benzene rings is 1. The summed E-state index contributed by atoms with van der Waals surface area (Å²) in [4.78, 5) is 4.41. The second-order valence-electron chi connectivity index (χ2n) is 5.73. The molecule has 1 aromatic heterocycles. The zero-order valence-corrected chi connectivity index (χ0v) is 15.1. The third-order valence-corrected chi connectivity index (χ3v) is 3.82. The molecular weight excluding hydrogens is 318 g/mol. The van der Waals surface area contributed by atoms with Crippen molar-refractivity contribution in [2.45, 2.75) is 26.4 Å². The van der Waals surface area contributed by atoms with Gasteiger partial charge in [0, 0.05) is 13.1 Å². The molecule has 2 aromatic rings. The van der Waals surface area contributed by atoms with Crippen LogP contribution in [-0.2, 0) is 6.42 Å². The van der Waals surface area contributed by atoms with Crippen molar-refractivity contribution < 1.29 is 14.3 Å². The normalized spacial score (nSPS) is 12.7. The predicted octanol–water partition coefficient (Wildman–Crippen LogP) is 2.43. The van der Waals surface area contributed by atoms with Crippen LogP contribution >= 0.6 is 0 Å². The highest BCUT2D eigenvalue weighted by Gasteiger charge is 2.10. The molecule has 0 saturated heterocycles. The number of nitrogens with zero attached hydrogens (tertiary/aromatic N) is 1. The first-order valence-corrected chi connectivity index (χ1v) is 8.51. The number of ether oxygens (including phenoxy) is 1. The van der Waals surface area contributed by atoms with Crippen molar-refractivity contribution in [3.05, 3.63) is 53.5 Å². The van der Waals surface area contributed by atoms with Gasteiger partial charge in [0.25, 0.3) is 0 Å². The van der Waals surface area contributed by atoms with Crippen LogP contribution in [0.1, 0.15) is 29.9 Å². The smallest absolute Gasteiger partial charge is 0.191 e. The first-order valence-electron chi connectivity index (χ1n) is 8.51. The fourth-order valence-corrected chi connectivity index (χ4v) is 2.44.